The Morgan fingerprint density at radius 1 is 0.764 bits per heavy atom. The fourth-order valence-electron chi connectivity index (χ4n) is 8.69. The van der Waals surface area contributed by atoms with Crippen LogP contribution in [0.5, 0.6) is 0 Å². The van der Waals surface area contributed by atoms with Gasteiger partial charge in [-0.25, -0.2) is 9.97 Å². The highest BCUT2D eigenvalue weighted by Crippen LogP contribution is 2.33. The molecule has 8 heterocycles. The van der Waals surface area contributed by atoms with Gasteiger partial charge >= 0.3 is 0 Å². The Kier molecular flexibility index (Phi) is 7.85. The maximum absolute atomic E-state index is 14.0. The Bertz CT molecular complexity index is 2510. The van der Waals surface area contributed by atoms with E-state index in [1.807, 2.05) is 35.2 Å². The number of aliphatic hydroxyl groups excluding tert-OH is 2. The minimum Gasteiger partial charge on any atom is -0.396 e. The van der Waals surface area contributed by atoms with Crippen LogP contribution in [0.4, 0.5) is 34.6 Å². The lowest BCUT2D eigenvalue weighted by molar-refractivity contribution is 0.0763. The van der Waals surface area contributed by atoms with Gasteiger partial charge < -0.3 is 41.3 Å². The number of fused-ring (bicyclic) bond motifs is 10. The first-order valence-electron chi connectivity index (χ1n) is 18.6. The Morgan fingerprint density at radius 3 is 2.16 bits per heavy atom. The zero-order chi connectivity index (χ0) is 37.4. The van der Waals surface area contributed by atoms with Crippen LogP contribution in [-0.2, 0) is 19.4 Å². The number of nitrogens with one attached hydrogen (secondary N) is 4. The molecule has 0 radical (unpaired) electrons. The van der Waals surface area contributed by atoms with Crippen molar-refractivity contribution in [1.29, 1.82) is 0 Å². The zero-order valence-corrected chi connectivity index (χ0v) is 30.1. The van der Waals surface area contributed by atoms with Gasteiger partial charge in [-0.2, -0.15) is 19.2 Å². The van der Waals surface area contributed by atoms with Crippen molar-refractivity contribution in [1.82, 2.24) is 39.0 Å². The summed E-state index contributed by atoms with van der Waals surface area (Å²) >= 11 is 0. The number of carbonyl (C=O) groups excluding carboxylic acids is 2. The molecular formula is C39H40N12O4. The standard InChI is InChI=1S/C39H40N12O4/c1-40-34-11-32-45-28-9-22(7-25-17-49(19-31(25)53)39(55)29-14-42-50(34)36(29)46-32)5-23(10-28)13-41-35-12-33-44-27-4-2-3-21(8-27)6-24-16-48(18-26(24)20-52)38(54)30-15-43-51(35)37(30)47-33/h2-5,8-12,14-15,24-26,31,40-41,52-53H,6-7,13,16-20H2,1H3,(H,44,47)(H,45,46)/t24-,25-,26-,31+/m0/s1. The lowest BCUT2D eigenvalue weighted by Gasteiger charge is -2.18. The lowest BCUT2D eigenvalue weighted by Crippen LogP contribution is -2.29. The molecule has 0 unspecified atom stereocenters. The van der Waals surface area contributed by atoms with Crippen LogP contribution in [0, 0.1) is 17.8 Å². The van der Waals surface area contributed by atoms with Crippen LogP contribution in [0.3, 0.4) is 0 Å². The molecule has 0 saturated carbocycles. The number of aromatic nitrogens is 6. The van der Waals surface area contributed by atoms with E-state index < -0.39 is 6.10 Å². The number of rotatable bonds is 5. The quantitative estimate of drug-likeness (QED) is 0.152. The molecule has 2 fully saturated rings. The molecule has 16 heteroatoms. The third-order valence-electron chi connectivity index (χ3n) is 11.4. The van der Waals surface area contributed by atoms with Crippen LogP contribution in [-0.4, -0.2) is 107 Å². The molecule has 2 amide bonds. The van der Waals surface area contributed by atoms with E-state index in [-0.39, 0.29) is 42.7 Å². The van der Waals surface area contributed by atoms with Crippen molar-refractivity contribution in [3.63, 3.8) is 0 Å². The molecule has 0 aliphatic carbocycles. The topological polar surface area (TPSA) is 190 Å². The molecule has 6 aromatic rings. The van der Waals surface area contributed by atoms with Crippen LogP contribution in [0.2, 0.25) is 0 Å². The van der Waals surface area contributed by atoms with Crippen LogP contribution in [0.15, 0.2) is 67.0 Å². The van der Waals surface area contributed by atoms with Crippen molar-refractivity contribution in [2.75, 3.05) is 61.1 Å². The molecule has 55 heavy (non-hydrogen) atoms. The highest BCUT2D eigenvalue weighted by Gasteiger charge is 2.38. The van der Waals surface area contributed by atoms with E-state index >= 15 is 0 Å². The van der Waals surface area contributed by atoms with E-state index in [2.05, 4.69) is 55.7 Å². The van der Waals surface area contributed by atoms with E-state index in [1.165, 1.54) is 6.20 Å². The third kappa shape index (κ3) is 5.84. The second-order valence-corrected chi connectivity index (χ2v) is 15.1. The normalized spacial score (nSPS) is 21.7. The Balaban J connectivity index is 1.02. The highest BCUT2D eigenvalue weighted by molar-refractivity contribution is 6.01. The summed E-state index contributed by atoms with van der Waals surface area (Å²) in [6.07, 6.45) is 3.75. The van der Waals surface area contributed by atoms with E-state index in [9.17, 15) is 19.8 Å². The van der Waals surface area contributed by atoms with Gasteiger partial charge in [-0.15, -0.1) is 0 Å². The molecule has 12 bridgehead atoms. The molecule has 10 rings (SSSR count). The Hall–Kier alpha value is -6.26. The average molecular weight is 741 g/mol. The SMILES string of the molecule is CNc1cc2nc3c(cnn13)C(=O)N1C[C@H](Cc3cc(CNc4cc5nc6c(cnn46)C(=O)N4C[C@@H](CO)[C@@H](Cc6cccc(c6)N5)C4)cc(c3)N2)[C@H](O)C1. The van der Waals surface area contributed by atoms with Gasteiger partial charge in [-0.3, -0.25) is 9.59 Å². The summed E-state index contributed by atoms with van der Waals surface area (Å²) in [6, 6.07) is 18.1. The molecule has 4 atom stereocenters. The van der Waals surface area contributed by atoms with Crippen LogP contribution in [0.1, 0.15) is 37.4 Å². The summed E-state index contributed by atoms with van der Waals surface area (Å²) in [5.74, 6) is 2.00. The minimum absolute atomic E-state index is 0.0144. The summed E-state index contributed by atoms with van der Waals surface area (Å²) < 4.78 is 3.27. The summed E-state index contributed by atoms with van der Waals surface area (Å²) in [5, 5.41) is 44.0. The maximum atomic E-state index is 14.0. The van der Waals surface area contributed by atoms with Crippen molar-refractivity contribution in [3.05, 3.63) is 94.8 Å². The molecule has 2 saturated heterocycles. The van der Waals surface area contributed by atoms with Gasteiger partial charge in [0.2, 0.25) is 0 Å². The number of hydrogen-bond acceptors (Lipinski definition) is 12. The molecule has 16 nitrogen and oxygen atoms in total. The predicted molar refractivity (Wildman–Crippen MR) is 205 cm³/mol. The molecule has 280 valence electrons. The fourth-order valence-corrected chi connectivity index (χ4v) is 8.69. The zero-order valence-electron chi connectivity index (χ0n) is 30.1. The molecule has 2 aromatic carbocycles. The van der Waals surface area contributed by atoms with Crippen molar-refractivity contribution < 1.29 is 19.8 Å². The second-order valence-electron chi connectivity index (χ2n) is 15.1. The number of aliphatic hydroxyl groups is 2. The van der Waals surface area contributed by atoms with E-state index in [4.69, 9.17) is 9.97 Å². The predicted octanol–water partition coefficient (Wildman–Crippen LogP) is 3.14. The Labute approximate surface area is 315 Å². The van der Waals surface area contributed by atoms with Crippen molar-refractivity contribution in [3.8, 4) is 0 Å². The van der Waals surface area contributed by atoms with Gasteiger partial charge in [0, 0.05) is 81.7 Å². The third-order valence-corrected chi connectivity index (χ3v) is 11.4. The van der Waals surface area contributed by atoms with Gasteiger partial charge in [-0.05, 0) is 59.7 Å². The van der Waals surface area contributed by atoms with Gasteiger partial charge in [-0.1, -0.05) is 18.2 Å². The van der Waals surface area contributed by atoms with E-state index in [0.29, 0.717) is 78.3 Å². The van der Waals surface area contributed by atoms with Gasteiger partial charge in [0.05, 0.1) is 18.5 Å². The van der Waals surface area contributed by atoms with Gasteiger partial charge in [0.1, 0.15) is 34.4 Å². The van der Waals surface area contributed by atoms with Crippen molar-refractivity contribution >= 4 is 57.8 Å². The van der Waals surface area contributed by atoms with Crippen LogP contribution in [0.25, 0.3) is 11.3 Å². The molecular weight excluding hydrogens is 701 g/mol. The minimum atomic E-state index is -0.678. The Morgan fingerprint density at radius 2 is 1.42 bits per heavy atom. The molecule has 6 N–H and O–H groups in total. The first kappa shape index (κ1) is 33.3. The molecule has 4 aromatic heterocycles. The van der Waals surface area contributed by atoms with Gasteiger partial charge in [0.15, 0.2) is 11.3 Å². The fraction of sp³-hybridized carbons (Fsp3) is 0.333. The molecule has 4 aliphatic heterocycles. The number of anilines is 6. The number of amides is 2. The summed E-state index contributed by atoms with van der Waals surface area (Å²) in [7, 11) is 1.79. The molecule has 4 aliphatic rings. The smallest absolute Gasteiger partial charge is 0.259 e. The van der Waals surface area contributed by atoms with Gasteiger partial charge in [0.25, 0.3) is 11.8 Å². The van der Waals surface area contributed by atoms with Crippen LogP contribution < -0.4 is 21.3 Å². The monoisotopic (exact) mass is 740 g/mol. The van der Waals surface area contributed by atoms with E-state index in [0.717, 1.165) is 34.5 Å². The van der Waals surface area contributed by atoms with Crippen LogP contribution >= 0.6 is 0 Å². The first-order valence-corrected chi connectivity index (χ1v) is 18.6. The number of nitrogens with zero attached hydrogens (tertiary/aromatic N) is 8. The lowest BCUT2D eigenvalue weighted by atomic mass is 9.90. The van der Waals surface area contributed by atoms with Crippen molar-refractivity contribution in [2.24, 2.45) is 17.8 Å². The summed E-state index contributed by atoms with van der Waals surface area (Å²) in [5.41, 5.74) is 6.38. The number of carbonyl (C=O) groups is 2. The van der Waals surface area contributed by atoms with E-state index in [1.54, 1.807) is 27.2 Å². The first-order chi connectivity index (χ1) is 26.8. The van der Waals surface area contributed by atoms with Crippen molar-refractivity contribution in [2.45, 2.75) is 25.5 Å². The second kappa shape index (κ2) is 13.0. The number of hydrogen-bond donors (Lipinski definition) is 6. The highest BCUT2D eigenvalue weighted by atomic mass is 16.3. The largest absolute Gasteiger partial charge is 0.396 e. The summed E-state index contributed by atoms with van der Waals surface area (Å²) in [6.45, 7) is 2.08. The number of benzene rings is 2. The summed E-state index contributed by atoms with van der Waals surface area (Å²) in [4.78, 5) is 40.9. The molecule has 0 spiro atoms. The average Bonchev–Trinajstić information content (AvgIpc) is 3.98. The maximum Gasteiger partial charge on any atom is 0.259 e.